The number of nitrogens with two attached hydrogens (primary N) is 3. The fourth-order valence-corrected chi connectivity index (χ4v) is 7.34. The number of carbonyl (C=O) groups excluding carboxylic acids is 2. The number of nitrogens with one attached hydrogen (secondary N) is 2. The number of nitrogens with zero attached hydrogens (tertiary/aromatic N) is 4. The highest BCUT2D eigenvalue weighted by atomic mass is 35.5. The molecule has 1 saturated carbocycles. The quantitative estimate of drug-likeness (QED) is 0.198. The predicted octanol–water partition coefficient (Wildman–Crippen LogP) is 0.895. The lowest BCUT2D eigenvalue weighted by atomic mass is 9.88. The van der Waals surface area contributed by atoms with E-state index in [1.807, 2.05) is 0 Å². The Balaban J connectivity index is 1.45. The van der Waals surface area contributed by atoms with Gasteiger partial charge in [-0.15, -0.1) is 0 Å². The van der Waals surface area contributed by atoms with Crippen molar-refractivity contribution in [2.45, 2.75) is 61.4 Å². The Labute approximate surface area is 262 Å². The number of carbonyl (C=O) groups is 2. The van der Waals surface area contributed by atoms with Crippen LogP contribution in [0, 0.1) is 0 Å². The van der Waals surface area contributed by atoms with E-state index in [0.717, 1.165) is 32.1 Å². The minimum Gasteiger partial charge on any atom is -0.495 e. The van der Waals surface area contributed by atoms with Crippen LogP contribution in [0.2, 0.25) is 0 Å². The van der Waals surface area contributed by atoms with Crippen LogP contribution in [0.3, 0.4) is 0 Å². The fraction of sp³-hybridized carbons (Fsp3) is 0.500. The van der Waals surface area contributed by atoms with Crippen LogP contribution in [0.15, 0.2) is 56.3 Å². The third-order valence-electron chi connectivity index (χ3n) is 8.31. The summed E-state index contributed by atoms with van der Waals surface area (Å²) in [5.41, 5.74) is 15.8. The molecule has 3 aliphatic rings. The van der Waals surface area contributed by atoms with Gasteiger partial charge >= 0.3 is 5.91 Å². The number of hydrogen-bond donors (Lipinski definition) is 5. The number of methoxy groups -OCH3 is 1. The third-order valence-corrected chi connectivity index (χ3v) is 10.5. The van der Waals surface area contributed by atoms with E-state index in [-0.39, 0.29) is 56.5 Å². The van der Waals surface area contributed by atoms with Gasteiger partial charge in [-0.05, 0) is 43.9 Å². The molecule has 240 valence electrons. The van der Waals surface area contributed by atoms with Crippen molar-refractivity contribution in [3.63, 3.8) is 0 Å². The van der Waals surface area contributed by atoms with Gasteiger partial charge in [-0.3, -0.25) is 9.59 Å². The normalized spacial score (nSPS) is 19.9. The van der Waals surface area contributed by atoms with Gasteiger partial charge in [0.15, 0.2) is 16.8 Å². The zero-order valence-electron chi connectivity index (χ0n) is 24.9. The fourth-order valence-electron chi connectivity index (χ4n) is 5.66. The first-order chi connectivity index (χ1) is 20.8. The highest BCUT2D eigenvalue weighted by Gasteiger charge is 2.41. The van der Waals surface area contributed by atoms with Gasteiger partial charge in [-0.2, -0.15) is 9.30 Å². The highest BCUT2D eigenvalue weighted by molar-refractivity contribution is 7.89. The minimum absolute atomic E-state index is 0.0198. The molecule has 14 nitrogen and oxygen atoms in total. The lowest BCUT2D eigenvalue weighted by Crippen LogP contribution is -2.53. The van der Waals surface area contributed by atoms with Crippen LogP contribution in [0.5, 0.6) is 5.75 Å². The topological polar surface area (TPSA) is 211 Å². The molecule has 1 spiro atoms. The van der Waals surface area contributed by atoms with Crippen LogP contribution in [0.4, 0.5) is 0 Å². The second-order valence-corrected chi connectivity index (χ2v) is 13.6. The second-order valence-electron chi connectivity index (χ2n) is 11.2. The highest BCUT2D eigenvalue weighted by Crippen LogP contribution is 2.33. The molecule has 1 aliphatic carbocycles. The van der Waals surface area contributed by atoms with Gasteiger partial charge in [0.25, 0.3) is 5.91 Å². The zero-order valence-corrected chi connectivity index (χ0v) is 26.5. The Bertz CT molecular complexity index is 1510. The number of guanidine groups is 1. The summed E-state index contributed by atoms with van der Waals surface area (Å²) in [6.07, 6.45) is 5.79. The Hall–Kier alpha value is -3.82. The number of likely N-dealkylation sites (tertiary alicyclic amines) is 1. The molecular weight excluding hydrogens is 610 g/mol. The SMILES string of the molecule is C=C(N)/C(=N\C(Cl)=C(N)N)C(=O)/N=C1\NCC2(CCN(C(=O)c3ccc(OC)c(S(=O)(=O)N(C)C4CCCCC4)c3)CC2)N1. The standard InChI is InChI=1S/C28H40ClN9O5S/c1-17(30)22(34-23(29)24(31)32)25(39)35-27-33-16-28(36-27)11-13-38(14-12-28)26(40)18-9-10-20(43-3)21(15-18)44(41,42)37(2)19-7-5-4-6-8-19/h9-10,15,19H,1,4-8,11-14,16,30-32H2,2-3H3,(H2,33,35,36,39)/b34-22+. The maximum atomic E-state index is 13.6. The van der Waals surface area contributed by atoms with Crippen LogP contribution in [0.25, 0.3) is 0 Å². The van der Waals surface area contributed by atoms with Gasteiger partial charge in [0.1, 0.15) is 16.5 Å². The molecule has 0 radical (unpaired) electrons. The molecule has 8 N–H and O–H groups in total. The number of hydrogen-bond acceptors (Lipinski definition) is 9. The number of piperidine rings is 1. The first-order valence-corrected chi connectivity index (χ1v) is 16.1. The molecule has 2 saturated heterocycles. The monoisotopic (exact) mass is 649 g/mol. The summed E-state index contributed by atoms with van der Waals surface area (Å²) in [5, 5.41) is 6.02. The van der Waals surface area contributed by atoms with Gasteiger partial charge in [0, 0.05) is 38.3 Å². The summed E-state index contributed by atoms with van der Waals surface area (Å²) in [6, 6.07) is 4.44. The molecule has 2 aliphatic heterocycles. The van der Waals surface area contributed by atoms with Gasteiger partial charge in [-0.25, -0.2) is 13.4 Å². The average molecular weight is 650 g/mol. The van der Waals surface area contributed by atoms with Crippen molar-refractivity contribution in [3.8, 4) is 5.75 Å². The van der Waals surface area contributed by atoms with E-state index in [2.05, 4.69) is 27.2 Å². The maximum absolute atomic E-state index is 13.6. The van der Waals surface area contributed by atoms with Gasteiger partial charge in [0.2, 0.25) is 10.0 Å². The molecule has 44 heavy (non-hydrogen) atoms. The van der Waals surface area contributed by atoms with Crippen molar-refractivity contribution >= 4 is 45.1 Å². The van der Waals surface area contributed by atoms with E-state index in [1.54, 1.807) is 18.0 Å². The first kappa shape index (κ1) is 33.1. The molecule has 16 heteroatoms. The van der Waals surface area contributed by atoms with Crippen LogP contribution in [0.1, 0.15) is 55.3 Å². The minimum atomic E-state index is -3.89. The van der Waals surface area contributed by atoms with Gasteiger partial charge < -0.3 is 37.5 Å². The Morgan fingerprint density at radius 2 is 1.82 bits per heavy atom. The molecule has 3 fully saturated rings. The van der Waals surface area contributed by atoms with E-state index in [9.17, 15) is 18.0 Å². The van der Waals surface area contributed by atoms with E-state index >= 15 is 0 Å². The average Bonchev–Trinajstić information content (AvgIpc) is 3.40. The zero-order chi connectivity index (χ0) is 32.2. The van der Waals surface area contributed by atoms with E-state index in [0.29, 0.717) is 32.5 Å². The molecule has 0 unspecified atom stereocenters. The largest absolute Gasteiger partial charge is 0.495 e. The first-order valence-electron chi connectivity index (χ1n) is 14.3. The van der Waals surface area contributed by atoms with E-state index in [1.165, 1.54) is 23.5 Å². The molecular formula is C28H40ClN9O5S. The van der Waals surface area contributed by atoms with Crippen molar-refractivity contribution in [1.82, 2.24) is 19.8 Å². The number of amides is 2. The lowest BCUT2D eigenvalue weighted by molar-refractivity contribution is -0.111. The summed E-state index contributed by atoms with van der Waals surface area (Å²) in [7, 11) is -0.881. The molecule has 0 bridgehead atoms. The number of benzene rings is 1. The van der Waals surface area contributed by atoms with Crippen molar-refractivity contribution < 1.29 is 22.7 Å². The molecule has 4 rings (SSSR count). The van der Waals surface area contributed by atoms with Crippen molar-refractivity contribution in [2.75, 3.05) is 33.8 Å². The predicted molar refractivity (Wildman–Crippen MR) is 168 cm³/mol. The number of halogens is 1. The van der Waals surface area contributed by atoms with E-state index < -0.39 is 21.5 Å². The molecule has 0 aromatic heterocycles. The molecule has 1 aromatic carbocycles. The summed E-state index contributed by atoms with van der Waals surface area (Å²) in [5.74, 6) is -0.948. The number of aliphatic imine (C=N–C) groups is 2. The number of sulfonamides is 1. The number of ether oxygens (including phenoxy) is 1. The Kier molecular flexibility index (Phi) is 10.1. The summed E-state index contributed by atoms with van der Waals surface area (Å²) >= 11 is 5.85. The summed E-state index contributed by atoms with van der Waals surface area (Å²) in [6.45, 7) is 4.78. The van der Waals surface area contributed by atoms with E-state index in [4.69, 9.17) is 33.5 Å². The van der Waals surface area contributed by atoms with Crippen LogP contribution >= 0.6 is 11.6 Å². The summed E-state index contributed by atoms with van der Waals surface area (Å²) in [4.78, 5) is 35.8. The molecule has 1 aromatic rings. The van der Waals surface area contributed by atoms with Crippen LogP contribution < -0.4 is 32.6 Å². The van der Waals surface area contributed by atoms with Crippen molar-refractivity contribution in [3.05, 3.63) is 47.0 Å². The molecule has 2 heterocycles. The summed E-state index contributed by atoms with van der Waals surface area (Å²) < 4.78 is 34.1. The van der Waals surface area contributed by atoms with Gasteiger partial charge in [0.05, 0.1) is 18.3 Å². The lowest BCUT2D eigenvalue weighted by Gasteiger charge is -2.38. The van der Waals surface area contributed by atoms with Crippen LogP contribution in [-0.4, -0.2) is 86.5 Å². The third kappa shape index (κ3) is 7.11. The maximum Gasteiger partial charge on any atom is 0.300 e. The number of rotatable bonds is 8. The Morgan fingerprint density at radius 3 is 2.41 bits per heavy atom. The van der Waals surface area contributed by atoms with Crippen molar-refractivity contribution in [1.29, 1.82) is 0 Å². The smallest absolute Gasteiger partial charge is 0.300 e. The Morgan fingerprint density at radius 1 is 1.16 bits per heavy atom. The van der Waals surface area contributed by atoms with Crippen molar-refractivity contribution in [2.24, 2.45) is 27.2 Å². The van der Waals surface area contributed by atoms with Crippen LogP contribution in [-0.2, 0) is 14.8 Å². The van der Waals surface area contributed by atoms with Gasteiger partial charge in [-0.1, -0.05) is 37.4 Å². The second kappa shape index (κ2) is 13.4. The molecule has 2 amide bonds. The molecule has 0 atom stereocenters.